The highest BCUT2D eigenvalue weighted by Crippen LogP contribution is 2.38. The molecule has 1 atom stereocenters. The van der Waals surface area contributed by atoms with Crippen LogP contribution in [-0.4, -0.2) is 39.3 Å². The summed E-state index contributed by atoms with van der Waals surface area (Å²) in [6.07, 6.45) is -0.380. The maximum atomic E-state index is 14.0. The molecule has 0 radical (unpaired) electrons. The quantitative estimate of drug-likeness (QED) is 0.861. The van der Waals surface area contributed by atoms with Crippen LogP contribution in [0.4, 0.5) is 4.39 Å². The van der Waals surface area contributed by atoms with Crippen molar-refractivity contribution in [2.45, 2.75) is 19.4 Å². The number of nitrogens with zero attached hydrogens (tertiary/aromatic N) is 1. The Morgan fingerprint density at radius 1 is 1.32 bits per heavy atom. The number of aliphatic hydroxyl groups excluding tert-OH is 1. The molecule has 0 bridgehead atoms. The lowest BCUT2D eigenvalue weighted by Gasteiger charge is -2.26. The van der Waals surface area contributed by atoms with Gasteiger partial charge in [0, 0.05) is 12.1 Å². The van der Waals surface area contributed by atoms with Gasteiger partial charge in [-0.25, -0.2) is 4.39 Å². The number of ketones is 1. The summed E-state index contributed by atoms with van der Waals surface area (Å²) < 4.78 is 14.0. The van der Waals surface area contributed by atoms with Gasteiger partial charge in [0.05, 0.1) is 18.0 Å². The van der Waals surface area contributed by atoms with Crippen LogP contribution in [0, 0.1) is 5.82 Å². The van der Waals surface area contributed by atoms with Gasteiger partial charge in [0.15, 0.2) is 11.5 Å². The molecule has 0 saturated carbocycles. The normalized spacial score (nSPS) is 18.0. The van der Waals surface area contributed by atoms with Crippen LogP contribution in [0.1, 0.15) is 24.9 Å². The van der Waals surface area contributed by atoms with E-state index in [2.05, 4.69) is 0 Å². The predicted octanol–water partition coefficient (Wildman–Crippen LogP) is 1.58. The average molecular weight is 307 g/mol. The number of carboxylic acids is 1. The van der Waals surface area contributed by atoms with Crippen LogP contribution in [0.2, 0.25) is 0 Å². The van der Waals surface area contributed by atoms with E-state index in [1.165, 1.54) is 24.3 Å². The first-order chi connectivity index (χ1) is 10.3. The number of aliphatic carboxylic acids is 1. The predicted molar refractivity (Wildman–Crippen MR) is 73.4 cm³/mol. The van der Waals surface area contributed by atoms with Crippen LogP contribution < -0.4 is 0 Å². The molecule has 1 amide bonds. The summed E-state index contributed by atoms with van der Waals surface area (Å²) in [5, 5.41) is 18.6. The van der Waals surface area contributed by atoms with Gasteiger partial charge in [0.1, 0.15) is 5.82 Å². The topological polar surface area (TPSA) is 94.9 Å². The lowest BCUT2D eigenvalue weighted by Crippen LogP contribution is -2.33. The summed E-state index contributed by atoms with van der Waals surface area (Å²) in [5.74, 6) is -3.99. The van der Waals surface area contributed by atoms with Crippen molar-refractivity contribution in [1.82, 2.24) is 4.90 Å². The number of hydrogen-bond donors (Lipinski definition) is 2. The Hall–Kier alpha value is -2.70. The van der Waals surface area contributed by atoms with Crippen LogP contribution in [0.3, 0.4) is 0 Å². The lowest BCUT2D eigenvalue weighted by atomic mass is 9.96. The third-order valence-corrected chi connectivity index (χ3v) is 3.45. The molecular formula is C15H14FNO5. The van der Waals surface area contributed by atoms with E-state index in [4.69, 9.17) is 5.11 Å². The first-order valence-corrected chi connectivity index (χ1v) is 6.55. The summed E-state index contributed by atoms with van der Waals surface area (Å²) in [6.45, 7) is 0.918. The van der Waals surface area contributed by atoms with Gasteiger partial charge in [-0.05, 0) is 13.0 Å². The number of rotatable bonds is 5. The first kappa shape index (κ1) is 15.7. The zero-order valence-corrected chi connectivity index (χ0v) is 11.7. The van der Waals surface area contributed by atoms with Gasteiger partial charge in [-0.2, -0.15) is 0 Å². The number of amides is 1. The summed E-state index contributed by atoms with van der Waals surface area (Å²) in [6, 6.07) is 4.43. The third-order valence-electron chi connectivity index (χ3n) is 3.45. The standard InChI is InChI=1S/C15H14FNO5/c1-8(18)12-13(9-4-2-3-5-10(9)16)17(7-6-11(19)20)15(22)14(12)21/h2-5,13,21H,6-7H2,1H3,(H,19,20). The van der Waals surface area contributed by atoms with Gasteiger partial charge in [0.25, 0.3) is 5.91 Å². The van der Waals surface area contributed by atoms with E-state index in [-0.39, 0.29) is 24.1 Å². The fourth-order valence-corrected chi connectivity index (χ4v) is 2.48. The van der Waals surface area contributed by atoms with Gasteiger partial charge in [-0.1, -0.05) is 18.2 Å². The average Bonchev–Trinajstić information content (AvgIpc) is 2.69. The zero-order chi connectivity index (χ0) is 16.4. The first-order valence-electron chi connectivity index (χ1n) is 6.55. The second-order valence-electron chi connectivity index (χ2n) is 4.88. The van der Waals surface area contributed by atoms with Crippen LogP contribution in [0.15, 0.2) is 35.6 Å². The van der Waals surface area contributed by atoms with E-state index in [1.807, 2.05) is 0 Å². The Bertz CT molecular complexity index is 682. The maximum absolute atomic E-state index is 14.0. The van der Waals surface area contributed by atoms with Crippen molar-refractivity contribution in [3.63, 3.8) is 0 Å². The molecule has 1 aliphatic rings. The number of halogens is 1. The van der Waals surface area contributed by atoms with Gasteiger partial charge < -0.3 is 15.1 Å². The molecule has 22 heavy (non-hydrogen) atoms. The highest BCUT2D eigenvalue weighted by atomic mass is 19.1. The molecule has 6 nitrogen and oxygen atoms in total. The van der Waals surface area contributed by atoms with Crippen LogP contribution in [-0.2, 0) is 14.4 Å². The number of carboxylic acid groups (broad SMARTS) is 1. The number of carbonyl (C=O) groups excluding carboxylic acids is 2. The van der Waals surface area contributed by atoms with E-state index in [0.29, 0.717) is 0 Å². The van der Waals surface area contributed by atoms with Crippen LogP contribution >= 0.6 is 0 Å². The molecule has 2 N–H and O–H groups in total. The van der Waals surface area contributed by atoms with Gasteiger partial charge in [0.2, 0.25) is 0 Å². The Kier molecular flexibility index (Phi) is 4.25. The molecule has 0 aliphatic carbocycles. The van der Waals surface area contributed by atoms with E-state index >= 15 is 0 Å². The largest absolute Gasteiger partial charge is 0.503 e. The minimum Gasteiger partial charge on any atom is -0.503 e. The van der Waals surface area contributed by atoms with Crippen molar-refractivity contribution in [2.75, 3.05) is 6.54 Å². The molecule has 1 aliphatic heterocycles. The molecule has 0 spiro atoms. The summed E-state index contributed by atoms with van der Waals surface area (Å²) in [7, 11) is 0. The van der Waals surface area contributed by atoms with E-state index in [0.717, 1.165) is 11.8 Å². The fourth-order valence-electron chi connectivity index (χ4n) is 2.48. The van der Waals surface area contributed by atoms with Crippen molar-refractivity contribution in [3.05, 3.63) is 47.0 Å². The Labute approximate surface area is 125 Å². The fraction of sp³-hybridized carbons (Fsp3) is 0.267. The molecule has 1 aromatic rings. The molecule has 0 aromatic heterocycles. The molecule has 7 heteroatoms. The smallest absolute Gasteiger partial charge is 0.305 e. The minimum atomic E-state index is -1.14. The number of hydrogen-bond acceptors (Lipinski definition) is 4. The van der Waals surface area contributed by atoms with Crippen LogP contribution in [0.25, 0.3) is 0 Å². The highest BCUT2D eigenvalue weighted by Gasteiger charge is 2.43. The van der Waals surface area contributed by atoms with Gasteiger partial charge in [-0.3, -0.25) is 14.4 Å². The van der Waals surface area contributed by atoms with Crippen molar-refractivity contribution in [3.8, 4) is 0 Å². The van der Waals surface area contributed by atoms with Gasteiger partial charge >= 0.3 is 5.97 Å². The Morgan fingerprint density at radius 2 is 1.95 bits per heavy atom. The number of benzene rings is 1. The number of Topliss-reactive ketones (excluding diaryl/α,β-unsaturated/α-hetero) is 1. The molecule has 0 fully saturated rings. The van der Waals surface area contributed by atoms with Crippen molar-refractivity contribution >= 4 is 17.7 Å². The van der Waals surface area contributed by atoms with E-state index in [1.54, 1.807) is 0 Å². The second-order valence-corrected chi connectivity index (χ2v) is 4.88. The van der Waals surface area contributed by atoms with E-state index in [9.17, 15) is 23.9 Å². The summed E-state index contributed by atoms with van der Waals surface area (Å²) in [5.41, 5.74) is -0.184. The maximum Gasteiger partial charge on any atom is 0.305 e. The molecule has 0 saturated heterocycles. The molecule has 2 rings (SSSR count). The number of aliphatic hydroxyl groups is 1. The summed E-state index contributed by atoms with van der Waals surface area (Å²) >= 11 is 0. The molecule has 116 valence electrons. The second kappa shape index (κ2) is 5.97. The zero-order valence-electron chi connectivity index (χ0n) is 11.7. The molecule has 1 aromatic carbocycles. The monoisotopic (exact) mass is 307 g/mol. The third kappa shape index (κ3) is 2.69. The molecule has 1 heterocycles. The Morgan fingerprint density at radius 3 is 2.50 bits per heavy atom. The minimum absolute atomic E-state index is 0.0375. The molecular weight excluding hydrogens is 293 g/mol. The van der Waals surface area contributed by atoms with Gasteiger partial charge in [-0.15, -0.1) is 0 Å². The van der Waals surface area contributed by atoms with Crippen molar-refractivity contribution in [1.29, 1.82) is 0 Å². The number of carbonyl (C=O) groups is 3. The highest BCUT2D eigenvalue weighted by molar-refractivity contribution is 6.08. The SMILES string of the molecule is CC(=O)C1=C(O)C(=O)N(CCC(=O)O)C1c1ccccc1F. The summed E-state index contributed by atoms with van der Waals surface area (Å²) in [4.78, 5) is 35.5. The van der Waals surface area contributed by atoms with Crippen LogP contribution in [0.5, 0.6) is 0 Å². The lowest BCUT2D eigenvalue weighted by molar-refractivity contribution is -0.138. The van der Waals surface area contributed by atoms with Crippen molar-refractivity contribution < 1.29 is 29.0 Å². The molecule has 1 unspecified atom stereocenters. The van der Waals surface area contributed by atoms with E-state index < -0.39 is 35.3 Å². The Balaban J connectivity index is 2.51. The van der Waals surface area contributed by atoms with Crippen molar-refractivity contribution in [2.24, 2.45) is 0 Å².